The minimum atomic E-state index is 0.244. The Hall–Kier alpha value is -1.34. The lowest BCUT2D eigenvalue weighted by molar-refractivity contribution is 0.315. The molecule has 0 saturated carbocycles. The number of hydrogen-bond donors (Lipinski definition) is 1. The molecule has 0 heterocycles. The van der Waals surface area contributed by atoms with Crippen molar-refractivity contribution >= 4 is 11.8 Å². The fraction of sp³-hybridized carbons (Fsp3) is 0.500. The summed E-state index contributed by atoms with van der Waals surface area (Å²) < 4.78 is 5.39. The zero-order chi connectivity index (χ0) is 13.4. The Kier molecular flexibility index (Phi) is 6.45. The lowest BCUT2D eigenvalue weighted by Gasteiger charge is -2.17. The highest BCUT2D eigenvalue weighted by atomic mass is 32.2. The Labute approximate surface area is 113 Å². The second-order valence-corrected chi connectivity index (χ2v) is 4.84. The standard InChI is InChI=1S/C14H19NO2S/c1-3-11(8-9-18-10-15)12-6-5-7-13(14(12)16)17-4-2/h5-7,11,16H,3-4,8-9H2,1-2H3. The maximum atomic E-state index is 10.2. The number of nitrogens with zero attached hydrogens (tertiary/aromatic N) is 1. The molecule has 98 valence electrons. The third kappa shape index (κ3) is 3.85. The number of para-hydroxylation sites is 1. The number of aromatic hydroxyl groups is 1. The summed E-state index contributed by atoms with van der Waals surface area (Å²) in [6.07, 6.45) is 1.83. The van der Waals surface area contributed by atoms with Crippen LogP contribution in [-0.2, 0) is 0 Å². The zero-order valence-corrected chi connectivity index (χ0v) is 11.7. The van der Waals surface area contributed by atoms with E-state index in [0.717, 1.165) is 24.2 Å². The molecule has 1 unspecified atom stereocenters. The van der Waals surface area contributed by atoms with E-state index in [1.165, 1.54) is 11.8 Å². The van der Waals surface area contributed by atoms with Crippen LogP contribution >= 0.6 is 11.8 Å². The summed E-state index contributed by atoms with van der Waals surface area (Å²) in [4.78, 5) is 0. The van der Waals surface area contributed by atoms with Crippen molar-refractivity contribution in [1.29, 1.82) is 5.26 Å². The highest BCUT2D eigenvalue weighted by Crippen LogP contribution is 2.37. The van der Waals surface area contributed by atoms with E-state index in [0.29, 0.717) is 12.4 Å². The van der Waals surface area contributed by atoms with Crippen LogP contribution in [0.2, 0.25) is 0 Å². The predicted molar refractivity (Wildman–Crippen MR) is 75.0 cm³/mol. The van der Waals surface area contributed by atoms with Crippen molar-refractivity contribution in [1.82, 2.24) is 0 Å². The minimum Gasteiger partial charge on any atom is -0.504 e. The summed E-state index contributed by atoms with van der Waals surface area (Å²) in [6, 6.07) is 5.61. The normalized spacial score (nSPS) is 11.8. The molecule has 1 rings (SSSR count). The summed E-state index contributed by atoms with van der Waals surface area (Å²) >= 11 is 1.26. The Morgan fingerprint density at radius 2 is 2.22 bits per heavy atom. The first kappa shape index (κ1) is 14.7. The van der Waals surface area contributed by atoms with E-state index in [9.17, 15) is 5.11 Å². The molecule has 0 aliphatic rings. The van der Waals surface area contributed by atoms with E-state index in [1.807, 2.05) is 19.1 Å². The lowest BCUT2D eigenvalue weighted by atomic mass is 9.93. The molecular formula is C14H19NO2S. The molecule has 0 spiro atoms. The fourth-order valence-electron chi connectivity index (χ4n) is 1.97. The van der Waals surface area contributed by atoms with Gasteiger partial charge < -0.3 is 9.84 Å². The van der Waals surface area contributed by atoms with Crippen molar-refractivity contribution in [3.8, 4) is 16.9 Å². The van der Waals surface area contributed by atoms with Crippen LogP contribution in [0.1, 0.15) is 38.2 Å². The molecule has 3 nitrogen and oxygen atoms in total. The van der Waals surface area contributed by atoms with Gasteiger partial charge in [-0.15, -0.1) is 0 Å². The van der Waals surface area contributed by atoms with Gasteiger partial charge in [0.25, 0.3) is 0 Å². The molecule has 0 bridgehead atoms. The molecular weight excluding hydrogens is 246 g/mol. The van der Waals surface area contributed by atoms with Crippen molar-refractivity contribution in [2.75, 3.05) is 12.4 Å². The van der Waals surface area contributed by atoms with Crippen molar-refractivity contribution < 1.29 is 9.84 Å². The predicted octanol–water partition coefficient (Wildman–Crippen LogP) is 3.89. The Bertz CT molecular complexity index is 415. The molecule has 1 atom stereocenters. The van der Waals surface area contributed by atoms with Crippen LogP contribution in [0, 0.1) is 10.7 Å². The van der Waals surface area contributed by atoms with E-state index in [4.69, 9.17) is 10.00 Å². The smallest absolute Gasteiger partial charge is 0.161 e. The first-order valence-corrected chi connectivity index (χ1v) is 7.18. The van der Waals surface area contributed by atoms with Gasteiger partial charge in [0.1, 0.15) is 5.40 Å². The quantitative estimate of drug-likeness (QED) is 0.600. The minimum absolute atomic E-state index is 0.244. The van der Waals surface area contributed by atoms with Gasteiger partial charge in [-0.1, -0.05) is 19.1 Å². The van der Waals surface area contributed by atoms with Gasteiger partial charge in [0.15, 0.2) is 11.5 Å². The molecule has 18 heavy (non-hydrogen) atoms. The largest absolute Gasteiger partial charge is 0.504 e. The molecule has 0 aromatic heterocycles. The van der Waals surface area contributed by atoms with Gasteiger partial charge in [-0.3, -0.25) is 0 Å². The molecule has 0 fully saturated rings. The van der Waals surface area contributed by atoms with Gasteiger partial charge in [-0.05, 0) is 43.5 Å². The maximum Gasteiger partial charge on any atom is 0.161 e. The Balaban J connectivity index is 2.85. The molecule has 0 radical (unpaired) electrons. The third-order valence-electron chi connectivity index (χ3n) is 2.90. The number of nitriles is 1. The van der Waals surface area contributed by atoms with Crippen LogP contribution in [0.5, 0.6) is 11.5 Å². The molecule has 1 N–H and O–H groups in total. The zero-order valence-electron chi connectivity index (χ0n) is 10.8. The number of thiocyanates is 1. The first-order chi connectivity index (χ1) is 8.74. The topological polar surface area (TPSA) is 53.2 Å². The van der Waals surface area contributed by atoms with Crippen molar-refractivity contribution in [3.05, 3.63) is 23.8 Å². The fourth-order valence-corrected chi connectivity index (χ4v) is 2.46. The summed E-state index contributed by atoms with van der Waals surface area (Å²) in [5.41, 5.74) is 0.919. The number of benzene rings is 1. The Morgan fingerprint density at radius 1 is 1.44 bits per heavy atom. The molecule has 0 aliphatic carbocycles. The van der Waals surface area contributed by atoms with Gasteiger partial charge in [-0.2, -0.15) is 5.26 Å². The van der Waals surface area contributed by atoms with Crippen LogP contribution in [0.3, 0.4) is 0 Å². The summed E-state index contributed by atoms with van der Waals surface area (Å²) in [5, 5.41) is 20.8. The molecule has 1 aromatic rings. The number of phenols is 1. The van der Waals surface area contributed by atoms with Gasteiger partial charge in [-0.25, -0.2) is 0 Å². The van der Waals surface area contributed by atoms with Crippen LogP contribution < -0.4 is 4.74 Å². The average Bonchev–Trinajstić information content (AvgIpc) is 2.38. The van der Waals surface area contributed by atoms with Gasteiger partial charge in [0, 0.05) is 11.3 Å². The second kappa shape index (κ2) is 7.88. The van der Waals surface area contributed by atoms with Crippen LogP contribution in [0.4, 0.5) is 0 Å². The van der Waals surface area contributed by atoms with Crippen LogP contribution in [0.25, 0.3) is 0 Å². The average molecular weight is 265 g/mol. The molecule has 0 amide bonds. The van der Waals surface area contributed by atoms with E-state index in [1.54, 1.807) is 6.07 Å². The molecule has 0 saturated heterocycles. The summed E-state index contributed by atoms with van der Waals surface area (Å²) in [6.45, 7) is 4.53. The van der Waals surface area contributed by atoms with Crippen molar-refractivity contribution in [2.45, 2.75) is 32.6 Å². The Morgan fingerprint density at radius 3 is 2.83 bits per heavy atom. The van der Waals surface area contributed by atoms with Gasteiger partial charge in [0.2, 0.25) is 0 Å². The van der Waals surface area contributed by atoms with E-state index in [-0.39, 0.29) is 11.7 Å². The number of rotatable bonds is 7. The van der Waals surface area contributed by atoms with E-state index < -0.39 is 0 Å². The van der Waals surface area contributed by atoms with Gasteiger partial charge in [0.05, 0.1) is 6.61 Å². The number of hydrogen-bond acceptors (Lipinski definition) is 4. The first-order valence-electron chi connectivity index (χ1n) is 6.20. The third-order valence-corrected chi connectivity index (χ3v) is 3.46. The molecule has 0 aliphatic heterocycles. The monoisotopic (exact) mass is 265 g/mol. The van der Waals surface area contributed by atoms with Crippen molar-refractivity contribution in [2.24, 2.45) is 0 Å². The summed E-state index contributed by atoms with van der Waals surface area (Å²) in [7, 11) is 0. The number of phenolic OH excluding ortho intramolecular Hbond substituents is 1. The van der Waals surface area contributed by atoms with E-state index in [2.05, 4.69) is 12.3 Å². The highest BCUT2D eigenvalue weighted by Gasteiger charge is 2.16. The van der Waals surface area contributed by atoms with Crippen LogP contribution in [0.15, 0.2) is 18.2 Å². The number of thioether (sulfide) groups is 1. The van der Waals surface area contributed by atoms with Crippen molar-refractivity contribution in [3.63, 3.8) is 0 Å². The van der Waals surface area contributed by atoms with Crippen LogP contribution in [-0.4, -0.2) is 17.5 Å². The lowest BCUT2D eigenvalue weighted by Crippen LogP contribution is -2.01. The summed E-state index contributed by atoms with van der Waals surface area (Å²) in [5.74, 6) is 1.84. The highest BCUT2D eigenvalue weighted by molar-refractivity contribution is 8.03. The maximum absolute atomic E-state index is 10.2. The second-order valence-electron chi connectivity index (χ2n) is 3.96. The van der Waals surface area contributed by atoms with E-state index >= 15 is 0 Å². The molecule has 4 heteroatoms. The SMILES string of the molecule is CCOc1cccc(C(CC)CCSC#N)c1O. The molecule has 1 aromatic carbocycles. The number of ether oxygens (including phenoxy) is 1. The van der Waals surface area contributed by atoms with Gasteiger partial charge >= 0.3 is 0 Å².